The lowest BCUT2D eigenvalue weighted by atomic mass is 10.1. The van der Waals surface area contributed by atoms with Crippen LogP contribution in [0.4, 0.5) is 0 Å². The van der Waals surface area contributed by atoms with E-state index in [4.69, 9.17) is 0 Å². The van der Waals surface area contributed by atoms with Crippen LogP contribution in [0.15, 0.2) is 30.5 Å². The molecule has 0 amide bonds. The Labute approximate surface area is 125 Å². The van der Waals surface area contributed by atoms with E-state index in [1.54, 1.807) is 6.20 Å². The predicted molar refractivity (Wildman–Crippen MR) is 82.6 cm³/mol. The van der Waals surface area contributed by atoms with Crippen LogP contribution in [-0.4, -0.2) is 20.2 Å². The molecule has 0 aliphatic heterocycles. The van der Waals surface area contributed by atoms with Gasteiger partial charge >= 0.3 is 0 Å². The molecule has 0 saturated heterocycles. The summed E-state index contributed by atoms with van der Waals surface area (Å²) in [6.07, 6.45) is 1.76. The first kappa shape index (κ1) is 11.3. The Morgan fingerprint density at radius 3 is 2.82 bits per heavy atom. The third-order valence-electron chi connectivity index (χ3n) is 2.38. The van der Waals surface area contributed by atoms with Crippen molar-refractivity contribution in [2.75, 3.05) is 0 Å². The van der Waals surface area contributed by atoms with Crippen molar-refractivity contribution in [2.45, 2.75) is 0 Å². The van der Waals surface area contributed by atoms with Gasteiger partial charge in [-0.3, -0.25) is 5.10 Å². The molecule has 84 valence electrons. The summed E-state index contributed by atoms with van der Waals surface area (Å²) in [7, 11) is 0. The minimum atomic E-state index is 0.716. The average molecular weight is 448 g/mol. The van der Waals surface area contributed by atoms with Crippen molar-refractivity contribution in [3.05, 3.63) is 37.9 Å². The van der Waals surface area contributed by atoms with Crippen molar-refractivity contribution in [3.8, 4) is 11.3 Å². The number of nitrogens with one attached hydrogen (secondary N) is 1. The van der Waals surface area contributed by atoms with Gasteiger partial charge in [-0.2, -0.15) is 5.10 Å². The molecule has 1 N–H and O–H groups in total. The Hall–Kier alpha value is -0.770. The first-order chi connectivity index (χ1) is 8.24. The van der Waals surface area contributed by atoms with Crippen LogP contribution in [0.3, 0.4) is 0 Å². The highest BCUT2D eigenvalue weighted by molar-refractivity contribution is 14.1. The van der Waals surface area contributed by atoms with Crippen molar-refractivity contribution in [2.24, 2.45) is 0 Å². The van der Waals surface area contributed by atoms with Crippen molar-refractivity contribution in [3.63, 3.8) is 0 Å². The molecule has 0 atom stereocenters. The molecule has 0 unspecified atom stereocenters. The van der Waals surface area contributed by atoms with Crippen molar-refractivity contribution < 1.29 is 0 Å². The van der Waals surface area contributed by atoms with Gasteiger partial charge in [-0.15, -0.1) is 0 Å². The summed E-state index contributed by atoms with van der Waals surface area (Å²) in [5.41, 5.74) is 2.79. The number of H-pyrrole nitrogens is 1. The van der Waals surface area contributed by atoms with Crippen LogP contribution in [0.5, 0.6) is 0 Å². The number of aromatic nitrogens is 4. The molecular formula is C11H6I2N4. The van der Waals surface area contributed by atoms with Gasteiger partial charge in [0.15, 0.2) is 9.48 Å². The number of benzene rings is 1. The maximum absolute atomic E-state index is 4.50. The molecule has 0 saturated carbocycles. The number of hydrogen-bond donors (Lipinski definition) is 1. The molecule has 2 aromatic heterocycles. The predicted octanol–water partition coefficient (Wildman–Crippen LogP) is 3.23. The Morgan fingerprint density at radius 2 is 2.00 bits per heavy atom. The molecule has 0 radical (unpaired) electrons. The smallest absolute Gasteiger partial charge is 0.193 e. The second-order valence-corrected chi connectivity index (χ2v) is 5.69. The van der Waals surface area contributed by atoms with Gasteiger partial charge in [-0.05, 0) is 34.7 Å². The van der Waals surface area contributed by atoms with E-state index in [0.717, 1.165) is 22.3 Å². The fraction of sp³-hybridized carbons (Fsp3) is 0. The zero-order valence-corrected chi connectivity index (χ0v) is 12.8. The quantitative estimate of drug-likeness (QED) is 0.460. The average Bonchev–Trinajstić information content (AvgIpc) is 2.75. The molecule has 1 aromatic carbocycles. The topological polar surface area (TPSA) is 54.5 Å². The maximum Gasteiger partial charge on any atom is 0.193 e. The zero-order chi connectivity index (χ0) is 11.8. The molecule has 17 heavy (non-hydrogen) atoms. The molecule has 3 aromatic rings. The standard InChI is InChI=1S/C11H6I2N4/c12-7-3-1-2-6(4-7)9-8-5-14-17-10(8)16-11(13)15-9/h1-5H,(H,14,15,16,17). The van der Waals surface area contributed by atoms with Gasteiger partial charge in [0, 0.05) is 31.7 Å². The molecule has 3 rings (SSSR count). The highest BCUT2D eigenvalue weighted by Gasteiger charge is 2.10. The third-order valence-corrected chi connectivity index (χ3v) is 3.53. The van der Waals surface area contributed by atoms with E-state index in [9.17, 15) is 0 Å². The van der Waals surface area contributed by atoms with Crippen LogP contribution in [0.2, 0.25) is 0 Å². The van der Waals surface area contributed by atoms with Gasteiger partial charge in [0.2, 0.25) is 0 Å². The molecule has 0 fully saturated rings. The minimum absolute atomic E-state index is 0.716. The number of hydrogen-bond acceptors (Lipinski definition) is 3. The summed E-state index contributed by atoms with van der Waals surface area (Å²) in [6.45, 7) is 0. The third kappa shape index (κ3) is 2.15. The van der Waals surface area contributed by atoms with Crippen molar-refractivity contribution >= 4 is 56.2 Å². The highest BCUT2D eigenvalue weighted by Crippen LogP contribution is 2.26. The number of rotatable bonds is 1. The summed E-state index contributed by atoms with van der Waals surface area (Å²) in [6, 6.07) is 8.24. The first-order valence-electron chi connectivity index (χ1n) is 4.86. The molecule has 0 spiro atoms. The van der Waals surface area contributed by atoms with E-state index in [2.05, 4.69) is 77.5 Å². The van der Waals surface area contributed by atoms with E-state index < -0.39 is 0 Å². The second kappa shape index (κ2) is 4.48. The SMILES string of the molecule is Ic1cccc(-c2nc(I)nc3[nH]ncc23)c1. The Bertz CT molecular complexity index is 693. The van der Waals surface area contributed by atoms with Crippen molar-refractivity contribution in [1.29, 1.82) is 0 Å². The van der Waals surface area contributed by atoms with Crippen LogP contribution < -0.4 is 0 Å². The monoisotopic (exact) mass is 448 g/mol. The zero-order valence-electron chi connectivity index (χ0n) is 8.48. The molecule has 0 aliphatic rings. The summed E-state index contributed by atoms with van der Waals surface area (Å²) in [4.78, 5) is 8.80. The van der Waals surface area contributed by atoms with E-state index in [1.165, 1.54) is 3.57 Å². The van der Waals surface area contributed by atoms with E-state index in [0.29, 0.717) is 3.83 Å². The van der Waals surface area contributed by atoms with Crippen LogP contribution in [-0.2, 0) is 0 Å². The van der Waals surface area contributed by atoms with Gasteiger partial charge in [-0.25, -0.2) is 9.97 Å². The fourth-order valence-corrected chi connectivity index (χ4v) is 2.69. The van der Waals surface area contributed by atoms with Crippen LogP contribution in [0.1, 0.15) is 0 Å². The van der Waals surface area contributed by atoms with Gasteiger partial charge in [0.25, 0.3) is 0 Å². The van der Waals surface area contributed by atoms with E-state index in [-0.39, 0.29) is 0 Å². The van der Waals surface area contributed by atoms with Gasteiger partial charge < -0.3 is 0 Å². The van der Waals surface area contributed by atoms with Gasteiger partial charge in [-0.1, -0.05) is 12.1 Å². The number of aromatic amines is 1. The first-order valence-corrected chi connectivity index (χ1v) is 7.02. The van der Waals surface area contributed by atoms with E-state index >= 15 is 0 Å². The van der Waals surface area contributed by atoms with E-state index in [1.807, 2.05) is 12.1 Å². The Kier molecular flexibility index (Phi) is 2.99. The lowest BCUT2D eigenvalue weighted by Crippen LogP contribution is -1.92. The van der Waals surface area contributed by atoms with Crippen LogP contribution in [0.25, 0.3) is 22.3 Å². The summed E-state index contributed by atoms with van der Waals surface area (Å²) in [5.74, 6) is 0. The number of nitrogens with zero attached hydrogens (tertiary/aromatic N) is 3. The minimum Gasteiger partial charge on any atom is -0.261 e. The summed E-state index contributed by atoms with van der Waals surface area (Å²) < 4.78 is 1.90. The number of halogens is 2. The normalized spacial score (nSPS) is 10.9. The van der Waals surface area contributed by atoms with Crippen LogP contribution >= 0.6 is 45.2 Å². The highest BCUT2D eigenvalue weighted by atomic mass is 127. The molecule has 6 heteroatoms. The molecule has 2 heterocycles. The fourth-order valence-electron chi connectivity index (χ4n) is 1.66. The Balaban J connectivity index is 2.32. The van der Waals surface area contributed by atoms with Crippen LogP contribution in [0, 0.1) is 7.40 Å². The largest absolute Gasteiger partial charge is 0.261 e. The van der Waals surface area contributed by atoms with Gasteiger partial charge in [0.05, 0.1) is 17.3 Å². The lowest BCUT2D eigenvalue weighted by molar-refractivity contribution is 1.07. The Morgan fingerprint density at radius 1 is 1.12 bits per heavy atom. The van der Waals surface area contributed by atoms with Crippen molar-refractivity contribution in [1.82, 2.24) is 20.2 Å². The molecule has 0 bridgehead atoms. The summed E-state index contributed by atoms with van der Waals surface area (Å²) in [5, 5.41) is 7.85. The number of fused-ring (bicyclic) bond motifs is 1. The van der Waals surface area contributed by atoms with Gasteiger partial charge in [0.1, 0.15) is 0 Å². The second-order valence-electron chi connectivity index (χ2n) is 3.48. The summed E-state index contributed by atoms with van der Waals surface area (Å²) >= 11 is 4.41. The molecule has 4 nitrogen and oxygen atoms in total. The maximum atomic E-state index is 4.50. The lowest BCUT2D eigenvalue weighted by Gasteiger charge is -2.03. The molecule has 0 aliphatic carbocycles. The molecular weight excluding hydrogens is 442 g/mol.